The molecule has 1 aromatic heterocycles. The SMILES string of the molecule is CCCC(N)CC(=O)Nc1ccc(Cl)nc1. The lowest BCUT2D eigenvalue weighted by Crippen LogP contribution is -2.26. The maximum Gasteiger partial charge on any atom is 0.225 e. The topological polar surface area (TPSA) is 68.0 Å². The number of carbonyl (C=O) groups is 1. The number of halogens is 1. The Morgan fingerprint density at radius 1 is 1.62 bits per heavy atom. The van der Waals surface area contributed by atoms with E-state index in [4.69, 9.17) is 17.3 Å². The zero-order valence-corrected chi connectivity index (χ0v) is 10.00. The molecule has 0 saturated heterocycles. The predicted octanol–water partition coefficient (Wildman–Crippen LogP) is 2.19. The number of carbonyl (C=O) groups excluding carboxylic acids is 1. The van der Waals surface area contributed by atoms with Gasteiger partial charge in [-0.25, -0.2) is 4.98 Å². The first-order valence-electron chi connectivity index (χ1n) is 5.28. The molecule has 88 valence electrons. The number of amides is 1. The summed E-state index contributed by atoms with van der Waals surface area (Å²) < 4.78 is 0. The van der Waals surface area contributed by atoms with Crippen LogP contribution in [-0.4, -0.2) is 16.9 Å². The summed E-state index contributed by atoms with van der Waals surface area (Å²) in [5.41, 5.74) is 6.40. The molecule has 0 aliphatic heterocycles. The average Bonchev–Trinajstić information content (AvgIpc) is 2.21. The van der Waals surface area contributed by atoms with Gasteiger partial charge in [-0.3, -0.25) is 4.79 Å². The zero-order chi connectivity index (χ0) is 12.0. The maximum absolute atomic E-state index is 11.5. The number of aromatic nitrogens is 1. The molecule has 0 spiro atoms. The summed E-state index contributed by atoms with van der Waals surface area (Å²) in [6.07, 6.45) is 3.69. The van der Waals surface area contributed by atoms with Crippen molar-refractivity contribution in [1.29, 1.82) is 0 Å². The second kappa shape index (κ2) is 6.45. The van der Waals surface area contributed by atoms with E-state index in [2.05, 4.69) is 10.3 Å². The van der Waals surface area contributed by atoms with Crippen LogP contribution in [0.5, 0.6) is 0 Å². The summed E-state index contributed by atoms with van der Waals surface area (Å²) in [4.78, 5) is 15.4. The summed E-state index contributed by atoms with van der Waals surface area (Å²) in [6, 6.07) is 3.26. The van der Waals surface area contributed by atoms with E-state index in [0.29, 0.717) is 17.3 Å². The molecule has 1 heterocycles. The summed E-state index contributed by atoms with van der Waals surface area (Å²) in [6.45, 7) is 2.04. The number of hydrogen-bond acceptors (Lipinski definition) is 3. The Hall–Kier alpha value is -1.13. The summed E-state index contributed by atoms with van der Waals surface area (Å²) in [5.74, 6) is -0.0925. The number of nitrogens with zero attached hydrogens (tertiary/aromatic N) is 1. The lowest BCUT2D eigenvalue weighted by Gasteiger charge is -2.10. The summed E-state index contributed by atoms with van der Waals surface area (Å²) in [5, 5.41) is 3.12. The van der Waals surface area contributed by atoms with Crippen molar-refractivity contribution in [3.8, 4) is 0 Å². The first-order valence-corrected chi connectivity index (χ1v) is 5.66. The van der Waals surface area contributed by atoms with Crippen molar-refractivity contribution in [3.63, 3.8) is 0 Å². The Labute approximate surface area is 100 Å². The van der Waals surface area contributed by atoms with Gasteiger partial charge < -0.3 is 11.1 Å². The van der Waals surface area contributed by atoms with Crippen molar-refractivity contribution in [2.75, 3.05) is 5.32 Å². The molecule has 1 aromatic rings. The molecule has 4 nitrogen and oxygen atoms in total. The molecule has 1 atom stereocenters. The number of anilines is 1. The fraction of sp³-hybridized carbons (Fsp3) is 0.455. The molecule has 0 bridgehead atoms. The van der Waals surface area contributed by atoms with E-state index < -0.39 is 0 Å². The molecular weight excluding hydrogens is 226 g/mol. The van der Waals surface area contributed by atoms with Crippen LogP contribution >= 0.6 is 11.6 Å². The van der Waals surface area contributed by atoms with E-state index in [1.54, 1.807) is 12.1 Å². The molecular formula is C11H16ClN3O. The van der Waals surface area contributed by atoms with E-state index in [-0.39, 0.29) is 11.9 Å². The molecule has 1 rings (SSSR count). The van der Waals surface area contributed by atoms with Gasteiger partial charge in [-0.05, 0) is 18.6 Å². The highest BCUT2D eigenvalue weighted by molar-refractivity contribution is 6.29. The van der Waals surface area contributed by atoms with Crippen molar-refractivity contribution in [1.82, 2.24) is 4.98 Å². The minimum Gasteiger partial charge on any atom is -0.327 e. The predicted molar refractivity (Wildman–Crippen MR) is 65.4 cm³/mol. The highest BCUT2D eigenvalue weighted by Gasteiger charge is 2.08. The Bertz CT molecular complexity index is 340. The molecule has 0 aliphatic rings. The monoisotopic (exact) mass is 241 g/mol. The number of nitrogens with one attached hydrogen (secondary N) is 1. The Morgan fingerprint density at radius 2 is 2.38 bits per heavy atom. The maximum atomic E-state index is 11.5. The second-order valence-electron chi connectivity index (χ2n) is 3.67. The third kappa shape index (κ3) is 4.59. The first-order chi connectivity index (χ1) is 7.61. The van der Waals surface area contributed by atoms with Gasteiger partial charge in [-0.2, -0.15) is 0 Å². The van der Waals surface area contributed by atoms with Gasteiger partial charge in [-0.1, -0.05) is 24.9 Å². The van der Waals surface area contributed by atoms with Crippen LogP contribution in [-0.2, 0) is 4.79 Å². The molecule has 3 N–H and O–H groups in total. The van der Waals surface area contributed by atoms with Gasteiger partial charge in [0.2, 0.25) is 5.91 Å². The third-order valence-corrected chi connectivity index (χ3v) is 2.34. The molecule has 0 saturated carbocycles. The number of hydrogen-bond donors (Lipinski definition) is 2. The lowest BCUT2D eigenvalue weighted by molar-refractivity contribution is -0.116. The minimum atomic E-state index is -0.0925. The van der Waals surface area contributed by atoms with Crippen LogP contribution < -0.4 is 11.1 Å². The van der Waals surface area contributed by atoms with Crippen LogP contribution in [0.25, 0.3) is 0 Å². The van der Waals surface area contributed by atoms with Crippen molar-refractivity contribution >= 4 is 23.2 Å². The first kappa shape index (κ1) is 12.9. The largest absolute Gasteiger partial charge is 0.327 e. The number of pyridine rings is 1. The van der Waals surface area contributed by atoms with Crippen LogP contribution in [0.3, 0.4) is 0 Å². The number of nitrogens with two attached hydrogens (primary N) is 1. The summed E-state index contributed by atoms with van der Waals surface area (Å²) >= 11 is 5.63. The van der Waals surface area contributed by atoms with Gasteiger partial charge >= 0.3 is 0 Å². The fourth-order valence-electron chi connectivity index (χ4n) is 1.37. The van der Waals surface area contributed by atoms with E-state index in [0.717, 1.165) is 12.8 Å². The second-order valence-corrected chi connectivity index (χ2v) is 4.06. The van der Waals surface area contributed by atoms with Crippen LogP contribution in [0.2, 0.25) is 5.15 Å². The van der Waals surface area contributed by atoms with Gasteiger partial charge in [0, 0.05) is 12.5 Å². The van der Waals surface area contributed by atoms with E-state index in [1.165, 1.54) is 6.20 Å². The Morgan fingerprint density at radius 3 is 2.94 bits per heavy atom. The molecule has 0 aromatic carbocycles. The van der Waals surface area contributed by atoms with Gasteiger partial charge in [0.15, 0.2) is 0 Å². The van der Waals surface area contributed by atoms with Gasteiger partial charge in [0.1, 0.15) is 5.15 Å². The quantitative estimate of drug-likeness (QED) is 0.777. The zero-order valence-electron chi connectivity index (χ0n) is 9.24. The van der Waals surface area contributed by atoms with Crippen molar-refractivity contribution in [3.05, 3.63) is 23.5 Å². The minimum absolute atomic E-state index is 0.0785. The van der Waals surface area contributed by atoms with E-state index in [9.17, 15) is 4.79 Å². The molecule has 0 aliphatic carbocycles. The molecule has 1 amide bonds. The number of rotatable bonds is 5. The van der Waals surface area contributed by atoms with Gasteiger partial charge in [0.25, 0.3) is 0 Å². The third-order valence-electron chi connectivity index (χ3n) is 2.12. The molecule has 0 radical (unpaired) electrons. The van der Waals surface area contributed by atoms with Crippen molar-refractivity contribution in [2.24, 2.45) is 5.73 Å². The summed E-state index contributed by atoms with van der Waals surface area (Å²) in [7, 11) is 0. The average molecular weight is 242 g/mol. The lowest BCUT2D eigenvalue weighted by atomic mass is 10.1. The van der Waals surface area contributed by atoms with Gasteiger partial charge in [0.05, 0.1) is 11.9 Å². The molecule has 1 unspecified atom stereocenters. The van der Waals surface area contributed by atoms with Crippen LogP contribution in [0.1, 0.15) is 26.2 Å². The van der Waals surface area contributed by atoms with Crippen molar-refractivity contribution < 1.29 is 4.79 Å². The van der Waals surface area contributed by atoms with Crippen LogP contribution in [0.4, 0.5) is 5.69 Å². The Balaban J connectivity index is 2.42. The highest BCUT2D eigenvalue weighted by atomic mass is 35.5. The molecule has 5 heteroatoms. The van der Waals surface area contributed by atoms with Crippen LogP contribution in [0, 0.1) is 0 Å². The normalized spacial score (nSPS) is 12.2. The van der Waals surface area contributed by atoms with E-state index >= 15 is 0 Å². The molecule has 16 heavy (non-hydrogen) atoms. The van der Waals surface area contributed by atoms with Crippen LogP contribution in [0.15, 0.2) is 18.3 Å². The van der Waals surface area contributed by atoms with E-state index in [1.807, 2.05) is 6.92 Å². The standard InChI is InChI=1S/C11H16ClN3O/c1-2-3-8(13)6-11(16)15-9-4-5-10(12)14-7-9/h4-5,7-8H,2-3,6,13H2,1H3,(H,15,16). The smallest absolute Gasteiger partial charge is 0.225 e. The highest BCUT2D eigenvalue weighted by Crippen LogP contribution is 2.10. The van der Waals surface area contributed by atoms with Crippen molar-refractivity contribution in [2.45, 2.75) is 32.2 Å². The fourth-order valence-corrected chi connectivity index (χ4v) is 1.48. The molecule has 0 fully saturated rings. The Kier molecular flexibility index (Phi) is 5.22. The van der Waals surface area contributed by atoms with Gasteiger partial charge in [-0.15, -0.1) is 0 Å².